The predicted octanol–water partition coefficient (Wildman–Crippen LogP) is 2.35. The Labute approximate surface area is 108 Å². The van der Waals surface area contributed by atoms with Crippen LogP contribution in [-0.4, -0.2) is 40.8 Å². The van der Waals surface area contributed by atoms with Crippen LogP contribution in [0.5, 0.6) is 0 Å². The first-order valence-electron chi connectivity index (χ1n) is 6.42. The summed E-state index contributed by atoms with van der Waals surface area (Å²) in [6.07, 6.45) is 0.670. The van der Waals surface area contributed by atoms with Crippen molar-refractivity contribution in [3.8, 4) is 0 Å². The van der Waals surface area contributed by atoms with Crippen LogP contribution in [0, 0.1) is 11.8 Å². The third-order valence-corrected chi connectivity index (χ3v) is 3.19. The molecule has 104 valence electrons. The van der Waals surface area contributed by atoms with Crippen molar-refractivity contribution in [1.82, 2.24) is 4.90 Å². The fraction of sp³-hybridized carbons (Fsp3) is 0.846. The topological polar surface area (TPSA) is 66.8 Å². The molecule has 1 aliphatic heterocycles. The van der Waals surface area contributed by atoms with Crippen LogP contribution < -0.4 is 0 Å². The van der Waals surface area contributed by atoms with Gasteiger partial charge in [-0.15, -0.1) is 0 Å². The van der Waals surface area contributed by atoms with Gasteiger partial charge in [0.05, 0.1) is 6.42 Å². The summed E-state index contributed by atoms with van der Waals surface area (Å²) in [5, 5.41) is 8.86. The van der Waals surface area contributed by atoms with E-state index in [1.165, 1.54) is 0 Å². The lowest BCUT2D eigenvalue weighted by Gasteiger charge is -2.24. The van der Waals surface area contributed by atoms with Crippen molar-refractivity contribution < 1.29 is 19.4 Å². The number of nitrogens with zero attached hydrogens (tertiary/aromatic N) is 1. The summed E-state index contributed by atoms with van der Waals surface area (Å²) in [6.45, 7) is 8.59. The number of ether oxygens (including phenoxy) is 1. The molecule has 1 unspecified atom stereocenters. The number of carboxylic acids is 1. The zero-order valence-electron chi connectivity index (χ0n) is 11.6. The van der Waals surface area contributed by atoms with E-state index in [4.69, 9.17) is 9.84 Å². The van der Waals surface area contributed by atoms with E-state index in [0.717, 1.165) is 6.42 Å². The molecule has 0 bridgehead atoms. The monoisotopic (exact) mass is 257 g/mol. The van der Waals surface area contributed by atoms with Gasteiger partial charge in [0.1, 0.15) is 5.60 Å². The summed E-state index contributed by atoms with van der Waals surface area (Å²) in [6, 6.07) is 0. The number of amides is 1. The van der Waals surface area contributed by atoms with Gasteiger partial charge in [0, 0.05) is 13.1 Å². The highest BCUT2D eigenvalue weighted by atomic mass is 16.6. The average Bonchev–Trinajstić information content (AvgIpc) is 2.57. The number of hydrogen-bond donors (Lipinski definition) is 1. The van der Waals surface area contributed by atoms with Crippen molar-refractivity contribution in [3.05, 3.63) is 0 Å². The lowest BCUT2D eigenvalue weighted by atomic mass is 9.91. The van der Waals surface area contributed by atoms with Crippen molar-refractivity contribution in [2.45, 2.75) is 46.1 Å². The molecule has 5 heteroatoms. The van der Waals surface area contributed by atoms with Crippen molar-refractivity contribution in [2.75, 3.05) is 13.1 Å². The third kappa shape index (κ3) is 4.20. The molecule has 18 heavy (non-hydrogen) atoms. The lowest BCUT2D eigenvalue weighted by molar-refractivity contribution is -0.138. The van der Waals surface area contributed by atoms with E-state index in [1.807, 2.05) is 27.7 Å². The van der Waals surface area contributed by atoms with Gasteiger partial charge >= 0.3 is 12.1 Å². The Hall–Kier alpha value is -1.26. The fourth-order valence-electron chi connectivity index (χ4n) is 2.33. The van der Waals surface area contributed by atoms with Crippen LogP contribution >= 0.6 is 0 Å². The fourth-order valence-corrected chi connectivity index (χ4v) is 2.33. The summed E-state index contributed by atoms with van der Waals surface area (Å²) in [5.41, 5.74) is -0.510. The number of carboxylic acid groups (broad SMARTS) is 1. The van der Waals surface area contributed by atoms with Gasteiger partial charge in [-0.05, 0) is 32.6 Å². The van der Waals surface area contributed by atoms with Gasteiger partial charge in [-0.3, -0.25) is 4.79 Å². The first kappa shape index (κ1) is 14.8. The van der Waals surface area contributed by atoms with Crippen molar-refractivity contribution >= 4 is 12.1 Å². The number of rotatable bonds is 3. The Morgan fingerprint density at radius 3 is 2.28 bits per heavy atom. The maximum atomic E-state index is 11.9. The standard InChI is InChI=1S/C13H23NO4/c1-5-9-7-14(8-10(9)6-11(15)16)12(17)18-13(2,3)4/h9-10H,5-8H2,1-4H3,(H,15,16)/t9?,10-/m1/s1. The summed E-state index contributed by atoms with van der Waals surface area (Å²) in [7, 11) is 0. The van der Waals surface area contributed by atoms with Gasteiger partial charge in [-0.1, -0.05) is 13.3 Å². The minimum absolute atomic E-state index is 0.0417. The highest BCUT2D eigenvalue weighted by molar-refractivity contribution is 5.70. The van der Waals surface area contributed by atoms with E-state index < -0.39 is 11.6 Å². The van der Waals surface area contributed by atoms with Crippen LogP contribution in [0.25, 0.3) is 0 Å². The van der Waals surface area contributed by atoms with E-state index in [9.17, 15) is 9.59 Å². The molecule has 5 nitrogen and oxygen atoms in total. The van der Waals surface area contributed by atoms with Gasteiger partial charge in [0.25, 0.3) is 0 Å². The van der Waals surface area contributed by atoms with Crippen LogP contribution in [0.3, 0.4) is 0 Å². The molecular formula is C13H23NO4. The molecule has 0 aromatic carbocycles. The Kier molecular flexibility index (Phi) is 4.59. The molecule has 1 heterocycles. The van der Waals surface area contributed by atoms with Crippen LogP contribution in [0.4, 0.5) is 4.79 Å². The Bertz CT molecular complexity index is 321. The molecule has 0 spiro atoms. The maximum Gasteiger partial charge on any atom is 0.410 e. The highest BCUT2D eigenvalue weighted by Crippen LogP contribution is 2.29. The minimum Gasteiger partial charge on any atom is -0.481 e. The quantitative estimate of drug-likeness (QED) is 0.842. The SMILES string of the molecule is CCC1CN(C(=O)OC(C)(C)C)C[C@H]1CC(=O)O. The average molecular weight is 257 g/mol. The van der Waals surface area contributed by atoms with Crippen molar-refractivity contribution in [2.24, 2.45) is 11.8 Å². The van der Waals surface area contributed by atoms with Gasteiger partial charge in [-0.2, -0.15) is 0 Å². The Morgan fingerprint density at radius 1 is 1.28 bits per heavy atom. The van der Waals surface area contributed by atoms with E-state index in [1.54, 1.807) is 4.90 Å². The second-order valence-corrected chi connectivity index (χ2v) is 5.91. The molecule has 0 saturated carbocycles. The first-order chi connectivity index (χ1) is 8.23. The molecular weight excluding hydrogens is 234 g/mol. The minimum atomic E-state index is -0.801. The summed E-state index contributed by atoms with van der Waals surface area (Å²) < 4.78 is 5.31. The second kappa shape index (κ2) is 5.59. The number of hydrogen-bond acceptors (Lipinski definition) is 3. The third-order valence-electron chi connectivity index (χ3n) is 3.19. The molecule has 0 radical (unpaired) electrons. The molecule has 1 amide bonds. The van der Waals surface area contributed by atoms with Crippen LogP contribution in [0.15, 0.2) is 0 Å². The van der Waals surface area contributed by atoms with E-state index in [0.29, 0.717) is 13.1 Å². The van der Waals surface area contributed by atoms with Crippen molar-refractivity contribution in [3.63, 3.8) is 0 Å². The molecule has 0 aromatic heterocycles. The largest absolute Gasteiger partial charge is 0.481 e. The van der Waals surface area contributed by atoms with Gasteiger partial charge in [0.2, 0.25) is 0 Å². The highest BCUT2D eigenvalue weighted by Gasteiger charge is 2.36. The molecule has 1 rings (SSSR count). The molecule has 1 saturated heterocycles. The van der Waals surface area contributed by atoms with Crippen LogP contribution in [0.1, 0.15) is 40.5 Å². The van der Waals surface area contributed by atoms with Crippen LogP contribution in [0.2, 0.25) is 0 Å². The van der Waals surface area contributed by atoms with Crippen LogP contribution in [-0.2, 0) is 9.53 Å². The smallest absolute Gasteiger partial charge is 0.410 e. The zero-order valence-corrected chi connectivity index (χ0v) is 11.6. The second-order valence-electron chi connectivity index (χ2n) is 5.91. The lowest BCUT2D eigenvalue weighted by Crippen LogP contribution is -2.35. The molecule has 0 aliphatic carbocycles. The molecule has 1 N–H and O–H groups in total. The molecule has 1 fully saturated rings. The van der Waals surface area contributed by atoms with Gasteiger partial charge < -0.3 is 14.7 Å². The number of carbonyl (C=O) groups is 2. The van der Waals surface area contributed by atoms with Crippen molar-refractivity contribution in [1.29, 1.82) is 0 Å². The summed E-state index contributed by atoms with van der Waals surface area (Å²) in [5.74, 6) is -0.502. The van der Waals surface area contributed by atoms with Gasteiger partial charge in [-0.25, -0.2) is 4.79 Å². The predicted molar refractivity (Wildman–Crippen MR) is 67.3 cm³/mol. The molecule has 1 aliphatic rings. The van der Waals surface area contributed by atoms with E-state index in [2.05, 4.69) is 0 Å². The summed E-state index contributed by atoms with van der Waals surface area (Å²) >= 11 is 0. The van der Waals surface area contributed by atoms with E-state index in [-0.39, 0.29) is 24.3 Å². The normalized spacial score (nSPS) is 24.1. The maximum absolute atomic E-state index is 11.9. The summed E-state index contributed by atoms with van der Waals surface area (Å²) in [4.78, 5) is 24.3. The first-order valence-corrected chi connectivity index (χ1v) is 6.42. The zero-order chi connectivity index (χ0) is 13.9. The molecule has 2 atom stereocenters. The number of carbonyl (C=O) groups excluding carboxylic acids is 1. The number of aliphatic carboxylic acids is 1. The molecule has 0 aromatic rings. The van der Waals surface area contributed by atoms with Gasteiger partial charge in [0.15, 0.2) is 0 Å². The van der Waals surface area contributed by atoms with E-state index >= 15 is 0 Å². The Morgan fingerprint density at radius 2 is 1.83 bits per heavy atom. The number of likely N-dealkylation sites (tertiary alicyclic amines) is 1. The Balaban J connectivity index is 2.60.